The van der Waals surface area contributed by atoms with Crippen LogP contribution in [0.25, 0.3) is 5.70 Å². The van der Waals surface area contributed by atoms with Crippen LogP contribution in [0.5, 0.6) is 0 Å². The van der Waals surface area contributed by atoms with Crippen LogP contribution in [-0.2, 0) is 0 Å². The van der Waals surface area contributed by atoms with E-state index in [0.717, 1.165) is 5.70 Å². The van der Waals surface area contributed by atoms with Crippen molar-refractivity contribution in [2.45, 2.75) is 18.9 Å². The molecule has 0 spiro atoms. The molecule has 0 bridgehead atoms. The molecule has 1 saturated carbocycles. The van der Waals surface area contributed by atoms with Crippen LogP contribution < -0.4 is 11.2 Å². The Kier molecular flexibility index (Phi) is 2.78. The summed E-state index contributed by atoms with van der Waals surface area (Å²) in [6.45, 7) is 0. The van der Waals surface area contributed by atoms with Crippen LogP contribution in [0.15, 0.2) is 24.3 Å². The second-order valence-corrected chi connectivity index (χ2v) is 5.16. The minimum atomic E-state index is -0.617. The third kappa shape index (κ3) is 2.21. The van der Waals surface area contributed by atoms with E-state index in [2.05, 4.69) is 11.5 Å². The molecule has 3 N–H and O–H groups in total. The molecule has 1 aliphatic carbocycles. The average molecular weight is 261 g/mol. The summed E-state index contributed by atoms with van der Waals surface area (Å²) in [6, 6.07) is 4.64. The Bertz CT molecular complexity index is 566. The standard InChI is InChI=1S/C14H16FN3O/c1-18-13(7-12(17-18)8-2-3-8)10-5-4-9(14(16)19)6-11(10)15/h4-8,12,17H,2-3H2,1H3,(H2,16,19). The molecule has 0 aromatic heterocycles. The highest BCUT2D eigenvalue weighted by Gasteiger charge is 2.35. The van der Waals surface area contributed by atoms with E-state index in [1.807, 2.05) is 12.1 Å². The van der Waals surface area contributed by atoms with Crippen LogP contribution in [0.3, 0.4) is 0 Å². The molecule has 1 heterocycles. The molecule has 1 atom stereocenters. The lowest BCUT2D eigenvalue weighted by Gasteiger charge is -2.19. The number of amides is 1. The van der Waals surface area contributed by atoms with E-state index in [1.54, 1.807) is 12.1 Å². The number of hydrogen-bond donors (Lipinski definition) is 2. The van der Waals surface area contributed by atoms with Gasteiger partial charge < -0.3 is 10.7 Å². The molecule has 3 rings (SSSR count). The summed E-state index contributed by atoms with van der Waals surface area (Å²) in [5.74, 6) is -0.381. The lowest BCUT2D eigenvalue weighted by atomic mass is 10.1. The Labute approximate surface area is 111 Å². The number of benzene rings is 1. The van der Waals surface area contributed by atoms with E-state index in [1.165, 1.54) is 18.9 Å². The van der Waals surface area contributed by atoms with E-state index in [0.29, 0.717) is 11.5 Å². The second kappa shape index (κ2) is 4.35. The minimum Gasteiger partial charge on any atom is -0.366 e. The molecule has 100 valence electrons. The summed E-state index contributed by atoms with van der Waals surface area (Å²) < 4.78 is 14.1. The average Bonchev–Trinajstić information content (AvgIpc) is 3.13. The van der Waals surface area contributed by atoms with E-state index >= 15 is 0 Å². The number of primary amides is 1. The number of halogens is 1. The normalized spacial score (nSPS) is 22.5. The van der Waals surface area contributed by atoms with Crippen LogP contribution in [0.1, 0.15) is 28.8 Å². The Hall–Kier alpha value is -1.88. The van der Waals surface area contributed by atoms with Gasteiger partial charge in [0.2, 0.25) is 5.91 Å². The molecule has 1 unspecified atom stereocenters. The zero-order chi connectivity index (χ0) is 13.6. The van der Waals surface area contributed by atoms with Crippen molar-refractivity contribution in [3.63, 3.8) is 0 Å². The lowest BCUT2D eigenvalue weighted by Crippen LogP contribution is -2.34. The molecule has 1 aliphatic heterocycles. The van der Waals surface area contributed by atoms with Crippen molar-refractivity contribution in [3.8, 4) is 0 Å². The van der Waals surface area contributed by atoms with Gasteiger partial charge in [-0.05, 0) is 43.0 Å². The predicted molar refractivity (Wildman–Crippen MR) is 70.3 cm³/mol. The topological polar surface area (TPSA) is 58.4 Å². The van der Waals surface area contributed by atoms with Crippen molar-refractivity contribution in [2.24, 2.45) is 11.7 Å². The Morgan fingerprint density at radius 1 is 1.47 bits per heavy atom. The molecular formula is C14H16FN3O. The van der Waals surface area contributed by atoms with Gasteiger partial charge in [0.1, 0.15) is 5.82 Å². The number of nitrogens with zero attached hydrogens (tertiary/aromatic N) is 1. The maximum atomic E-state index is 14.1. The fourth-order valence-corrected chi connectivity index (χ4v) is 2.46. The zero-order valence-electron chi connectivity index (χ0n) is 10.7. The van der Waals surface area contributed by atoms with Crippen molar-refractivity contribution < 1.29 is 9.18 Å². The maximum absolute atomic E-state index is 14.1. The summed E-state index contributed by atoms with van der Waals surface area (Å²) in [4.78, 5) is 11.0. The van der Waals surface area contributed by atoms with Gasteiger partial charge in [-0.1, -0.05) is 0 Å². The van der Waals surface area contributed by atoms with Crippen LogP contribution in [0, 0.1) is 11.7 Å². The largest absolute Gasteiger partial charge is 0.366 e. The molecule has 0 saturated heterocycles. The quantitative estimate of drug-likeness (QED) is 0.866. The first kappa shape index (κ1) is 12.2. The molecule has 19 heavy (non-hydrogen) atoms. The Morgan fingerprint density at radius 2 is 2.21 bits per heavy atom. The summed E-state index contributed by atoms with van der Waals surface area (Å²) in [6.07, 6.45) is 4.50. The van der Waals surface area contributed by atoms with Crippen LogP contribution in [-0.4, -0.2) is 24.0 Å². The fourth-order valence-electron chi connectivity index (χ4n) is 2.46. The fraction of sp³-hybridized carbons (Fsp3) is 0.357. The highest BCUT2D eigenvalue weighted by atomic mass is 19.1. The highest BCUT2D eigenvalue weighted by Crippen LogP contribution is 2.37. The van der Waals surface area contributed by atoms with Gasteiger partial charge in [0, 0.05) is 24.2 Å². The Balaban J connectivity index is 1.93. The van der Waals surface area contributed by atoms with Gasteiger partial charge in [-0.2, -0.15) is 0 Å². The third-order valence-electron chi connectivity index (χ3n) is 3.70. The SMILES string of the molecule is CN1NC(C2CC2)C=C1c1ccc(C(N)=O)cc1F. The summed E-state index contributed by atoms with van der Waals surface area (Å²) in [5.41, 5.74) is 9.94. The molecular weight excluding hydrogens is 245 g/mol. The number of carbonyl (C=O) groups excluding carboxylic acids is 1. The maximum Gasteiger partial charge on any atom is 0.248 e. The van der Waals surface area contributed by atoms with Crippen LogP contribution in [0.4, 0.5) is 4.39 Å². The van der Waals surface area contributed by atoms with E-state index < -0.39 is 11.7 Å². The number of rotatable bonds is 3. The van der Waals surface area contributed by atoms with E-state index in [9.17, 15) is 9.18 Å². The van der Waals surface area contributed by atoms with Crippen molar-refractivity contribution in [1.29, 1.82) is 0 Å². The smallest absolute Gasteiger partial charge is 0.248 e. The van der Waals surface area contributed by atoms with Crippen molar-refractivity contribution >= 4 is 11.6 Å². The van der Waals surface area contributed by atoms with Gasteiger partial charge in [0.05, 0.1) is 5.70 Å². The number of carbonyl (C=O) groups is 1. The predicted octanol–water partition coefficient (Wildman–Crippen LogP) is 1.49. The summed E-state index contributed by atoms with van der Waals surface area (Å²) >= 11 is 0. The molecule has 0 radical (unpaired) electrons. The number of nitrogens with one attached hydrogen (secondary N) is 1. The van der Waals surface area contributed by atoms with Crippen molar-refractivity contribution in [2.75, 3.05) is 7.05 Å². The second-order valence-electron chi connectivity index (χ2n) is 5.16. The molecule has 1 fully saturated rings. The third-order valence-corrected chi connectivity index (χ3v) is 3.70. The highest BCUT2D eigenvalue weighted by molar-refractivity contribution is 5.93. The molecule has 2 aliphatic rings. The zero-order valence-corrected chi connectivity index (χ0v) is 10.7. The van der Waals surface area contributed by atoms with Crippen LogP contribution in [0.2, 0.25) is 0 Å². The first-order valence-electron chi connectivity index (χ1n) is 6.37. The minimum absolute atomic E-state index is 0.189. The monoisotopic (exact) mass is 261 g/mol. The number of nitrogens with two attached hydrogens (primary N) is 1. The summed E-state index contributed by atoms with van der Waals surface area (Å²) in [5, 5.41) is 1.84. The molecule has 1 aromatic rings. The molecule has 5 heteroatoms. The summed E-state index contributed by atoms with van der Waals surface area (Å²) in [7, 11) is 1.87. The lowest BCUT2D eigenvalue weighted by molar-refractivity contribution is 0.1000. The first-order chi connectivity index (χ1) is 9.06. The first-order valence-corrected chi connectivity index (χ1v) is 6.37. The van der Waals surface area contributed by atoms with Crippen molar-refractivity contribution in [3.05, 3.63) is 41.2 Å². The van der Waals surface area contributed by atoms with Gasteiger partial charge in [-0.15, -0.1) is 0 Å². The van der Waals surface area contributed by atoms with E-state index in [-0.39, 0.29) is 11.6 Å². The van der Waals surface area contributed by atoms with Crippen LogP contribution >= 0.6 is 0 Å². The number of hydrogen-bond acceptors (Lipinski definition) is 3. The number of hydrazine groups is 1. The van der Waals surface area contributed by atoms with Gasteiger partial charge in [-0.25, -0.2) is 9.82 Å². The Morgan fingerprint density at radius 3 is 2.79 bits per heavy atom. The molecule has 1 amide bonds. The molecule has 4 nitrogen and oxygen atoms in total. The van der Waals surface area contributed by atoms with Gasteiger partial charge in [0.15, 0.2) is 0 Å². The van der Waals surface area contributed by atoms with Gasteiger partial charge in [-0.3, -0.25) is 4.79 Å². The van der Waals surface area contributed by atoms with Gasteiger partial charge in [0.25, 0.3) is 0 Å². The van der Waals surface area contributed by atoms with Crippen molar-refractivity contribution in [1.82, 2.24) is 10.4 Å². The van der Waals surface area contributed by atoms with E-state index in [4.69, 9.17) is 5.73 Å². The van der Waals surface area contributed by atoms with Gasteiger partial charge >= 0.3 is 0 Å². The molecule has 1 aromatic carbocycles.